The zero-order valence-electron chi connectivity index (χ0n) is 13.5. The first-order chi connectivity index (χ1) is 10.1. The number of amides is 1. The average molecular weight is 331 g/mol. The predicted octanol–water partition coefficient (Wildman–Crippen LogP) is 2.12. The summed E-state index contributed by atoms with van der Waals surface area (Å²) in [4.78, 5) is 11.7. The number of rotatable bonds is 9. The van der Waals surface area contributed by atoms with Crippen molar-refractivity contribution in [2.24, 2.45) is 11.7 Å². The van der Waals surface area contributed by atoms with Gasteiger partial charge in [0.25, 0.3) is 0 Å². The van der Waals surface area contributed by atoms with E-state index in [1.165, 1.54) is 0 Å². The highest BCUT2D eigenvalue weighted by molar-refractivity contribution is 5.85. The smallest absolute Gasteiger partial charge is 0.237 e. The fourth-order valence-corrected chi connectivity index (χ4v) is 1.79. The Hall–Kier alpha value is -1.30. The lowest BCUT2D eigenvalue weighted by Crippen LogP contribution is -2.45. The second kappa shape index (κ2) is 11.3. The molecule has 5 nitrogen and oxygen atoms in total. The number of hydrogen-bond acceptors (Lipinski definition) is 4. The summed E-state index contributed by atoms with van der Waals surface area (Å²) in [7, 11) is 1.64. The van der Waals surface area contributed by atoms with Crippen molar-refractivity contribution in [3.05, 3.63) is 29.8 Å². The summed E-state index contributed by atoms with van der Waals surface area (Å²) in [6, 6.07) is 7.25. The molecular formula is C16H27ClN2O3. The van der Waals surface area contributed by atoms with E-state index in [0.717, 1.165) is 17.7 Å². The number of nitrogens with two attached hydrogens (primary N) is 1. The molecule has 0 saturated carbocycles. The third kappa shape index (κ3) is 7.11. The largest absolute Gasteiger partial charge is 0.497 e. The molecule has 0 aliphatic heterocycles. The van der Waals surface area contributed by atoms with E-state index in [-0.39, 0.29) is 24.2 Å². The molecule has 1 amide bonds. The van der Waals surface area contributed by atoms with Gasteiger partial charge in [-0.1, -0.05) is 32.4 Å². The van der Waals surface area contributed by atoms with Crippen molar-refractivity contribution >= 4 is 18.3 Å². The Morgan fingerprint density at radius 1 is 1.32 bits per heavy atom. The molecule has 0 heterocycles. The summed E-state index contributed by atoms with van der Waals surface area (Å²) >= 11 is 0. The summed E-state index contributed by atoms with van der Waals surface area (Å²) in [5.41, 5.74) is 6.91. The minimum absolute atomic E-state index is 0. The third-order valence-corrected chi connectivity index (χ3v) is 3.53. The van der Waals surface area contributed by atoms with Crippen LogP contribution in [0.25, 0.3) is 0 Å². The minimum atomic E-state index is -0.448. The Morgan fingerprint density at radius 3 is 2.50 bits per heavy atom. The maximum Gasteiger partial charge on any atom is 0.237 e. The van der Waals surface area contributed by atoms with Gasteiger partial charge in [0.1, 0.15) is 5.75 Å². The quantitative estimate of drug-likeness (QED) is 0.680. The van der Waals surface area contributed by atoms with Crippen LogP contribution < -0.4 is 15.8 Å². The van der Waals surface area contributed by atoms with Gasteiger partial charge >= 0.3 is 0 Å². The number of methoxy groups -OCH3 is 1. The first kappa shape index (κ1) is 20.7. The van der Waals surface area contributed by atoms with Crippen LogP contribution in [0.5, 0.6) is 5.75 Å². The molecule has 1 aromatic carbocycles. The van der Waals surface area contributed by atoms with Gasteiger partial charge in [-0.05, 0) is 23.6 Å². The molecule has 1 rings (SSSR count). The van der Waals surface area contributed by atoms with Gasteiger partial charge in [0, 0.05) is 6.54 Å². The van der Waals surface area contributed by atoms with E-state index in [4.69, 9.17) is 15.2 Å². The van der Waals surface area contributed by atoms with Gasteiger partial charge in [-0.15, -0.1) is 12.4 Å². The number of ether oxygens (including phenoxy) is 2. The van der Waals surface area contributed by atoms with Crippen molar-refractivity contribution in [3.63, 3.8) is 0 Å². The summed E-state index contributed by atoms with van der Waals surface area (Å²) in [6.07, 6.45) is 0.891. The fraction of sp³-hybridized carbons (Fsp3) is 0.562. The molecule has 0 aliphatic carbocycles. The molecule has 6 heteroatoms. The van der Waals surface area contributed by atoms with Crippen molar-refractivity contribution in [3.8, 4) is 5.75 Å². The van der Waals surface area contributed by atoms with Gasteiger partial charge in [-0.25, -0.2) is 0 Å². The average Bonchev–Trinajstić information content (AvgIpc) is 2.53. The lowest BCUT2D eigenvalue weighted by molar-refractivity contribution is -0.123. The van der Waals surface area contributed by atoms with E-state index in [1.54, 1.807) is 7.11 Å². The van der Waals surface area contributed by atoms with E-state index in [2.05, 4.69) is 5.32 Å². The van der Waals surface area contributed by atoms with Crippen LogP contribution in [-0.2, 0) is 16.1 Å². The number of benzene rings is 1. The van der Waals surface area contributed by atoms with E-state index in [1.807, 2.05) is 38.1 Å². The summed E-state index contributed by atoms with van der Waals surface area (Å²) in [5, 5.41) is 2.79. The molecule has 0 aromatic heterocycles. The van der Waals surface area contributed by atoms with Crippen LogP contribution in [0.4, 0.5) is 0 Å². The van der Waals surface area contributed by atoms with E-state index in [9.17, 15) is 4.79 Å². The number of carbonyl (C=O) groups excluding carboxylic acids is 1. The Balaban J connectivity index is 0.00000441. The zero-order chi connectivity index (χ0) is 15.7. The van der Waals surface area contributed by atoms with Gasteiger partial charge in [-0.3, -0.25) is 4.79 Å². The lowest BCUT2D eigenvalue weighted by Gasteiger charge is -2.17. The van der Waals surface area contributed by atoms with Crippen molar-refractivity contribution in [1.29, 1.82) is 0 Å². The Bertz CT molecular complexity index is 426. The number of hydrogen-bond donors (Lipinski definition) is 2. The van der Waals surface area contributed by atoms with Crippen molar-refractivity contribution in [2.45, 2.75) is 32.9 Å². The standard InChI is InChI=1S/C16H26N2O3.ClH/c1-4-12(2)15(17)16(19)18-9-10-21-11-13-5-7-14(20-3)8-6-13;/h5-8,12,15H,4,9-11,17H2,1-3H3,(H,18,19);1H. The number of nitrogens with one attached hydrogen (secondary N) is 1. The molecule has 0 radical (unpaired) electrons. The topological polar surface area (TPSA) is 73.6 Å². The van der Waals surface area contributed by atoms with Gasteiger partial charge < -0.3 is 20.5 Å². The van der Waals surface area contributed by atoms with Crippen molar-refractivity contribution < 1.29 is 14.3 Å². The number of halogens is 1. The van der Waals surface area contributed by atoms with Crippen LogP contribution in [-0.4, -0.2) is 32.2 Å². The SMILES string of the molecule is CCC(C)C(N)C(=O)NCCOCc1ccc(OC)cc1.Cl. The number of carbonyl (C=O) groups is 1. The molecule has 0 saturated heterocycles. The van der Waals surface area contributed by atoms with E-state index < -0.39 is 6.04 Å². The van der Waals surface area contributed by atoms with Crippen LogP contribution >= 0.6 is 12.4 Å². The first-order valence-electron chi connectivity index (χ1n) is 7.32. The molecule has 126 valence electrons. The molecule has 0 aliphatic rings. The molecule has 3 N–H and O–H groups in total. The Labute approximate surface area is 139 Å². The summed E-state index contributed by atoms with van der Waals surface area (Å²) in [5.74, 6) is 0.896. The molecule has 0 fully saturated rings. The summed E-state index contributed by atoms with van der Waals surface area (Å²) < 4.78 is 10.6. The second-order valence-corrected chi connectivity index (χ2v) is 5.10. The van der Waals surface area contributed by atoms with Crippen LogP contribution in [0.2, 0.25) is 0 Å². The fourth-order valence-electron chi connectivity index (χ4n) is 1.79. The summed E-state index contributed by atoms with van der Waals surface area (Å²) in [6.45, 7) is 5.45. The van der Waals surface area contributed by atoms with E-state index >= 15 is 0 Å². The van der Waals surface area contributed by atoms with Crippen LogP contribution in [0, 0.1) is 5.92 Å². The Kier molecular flexibility index (Phi) is 10.6. The monoisotopic (exact) mass is 330 g/mol. The lowest BCUT2D eigenvalue weighted by atomic mass is 9.99. The molecule has 0 bridgehead atoms. The highest BCUT2D eigenvalue weighted by atomic mass is 35.5. The molecule has 2 unspecified atom stereocenters. The zero-order valence-corrected chi connectivity index (χ0v) is 14.3. The second-order valence-electron chi connectivity index (χ2n) is 5.10. The maximum atomic E-state index is 11.7. The molecular weight excluding hydrogens is 304 g/mol. The molecule has 2 atom stereocenters. The van der Waals surface area contributed by atoms with Crippen LogP contribution in [0.15, 0.2) is 24.3 Å². The van der Waals surface area contributed by atoms with E-state index in [0.29, 0.717) is 19.8 Å². The van der Waals surface area contributed by atoms with Gasteiger partial charge in [-0.2, -0.15) is 0 Å². The minimum Gasteiger partial charge on any atom is -0.497 e. The van der Waals surface area contributed by atoms with Crippen molar-refractivity contribution in [1.82, 2.24) is 5.32 Å². The van der Waals surface area contributed by atoms with Gasteiger partial charge in [0.15, 0.2) is 0 Å². The maximum absolute atomic E-state index is 11.7. The molecule has 1 aromatic rings. The van der Waals surface area contributed by atoms with Crippen LogP contribution in [0.3, 0.4) is 0 Å². The van der Waals surface area contributed by atoms with Gasteiger partial charge in [0.2, 0.25) is 5.91 Å². The predicted molar refractivity (Wildman–Crippen MR) is 90.3 cm³/mol. The third-order valence-electron chi connectivity index (χ3n) is 3.53. The normalized spacial score (nSPS) is 12.9. The van der Waals surface area contributed by atoms with Crippen molar-refractivity contribution in [2.75, 3.05) is 20.3 Å². The molecule has 22 heavy (non-hydrogen) atoms. The van der Waals surface area contributed by atoms with Gasteiger partial charge in [0.05, 0.1) is 26.4 Å². The van der Waals surface area contributed by atoms with Crippen LogP contribution in [0.1, 0.15) is 25.8 Å². The highest BCUT2D eigenvalue weighted by Crippen LogP contribution is 2.11. The first-order valence-corrected chi connectivity index (χ1v) is 7.32. The molecule has 0 spiro atoms. The Morgan fingerprint density at radius 2 is 1.95 bits per heavy atom. The highest BCUT2D eigenvalue weighted by Gasteiger charge is 2.18.